The molecule has 4 aromatic heterocycles. The average molecular weight is 529 g/mol. The van der Waals surface area contributed by atoms with E-state index in [2.05, 4.69) is 24.8 Å². The number of morpholine rings is 1. The molecule has 0 bridgehead atoms. The summed E-state index contributed by atoms with van der Waals surface area (Å²) in [6.07, 6.45) is 4.70. The third-order valence-electron chi connectivity index (χ3n) is 7.71. The van der Waals surface area contributed by atoms with Crippen molar-refractivity contribution in [2.45, 2.75) is 32.7 Å². The van der Waals surface area contributed by atoms with Gasteiger partial charge in [-0.1, -0.05) is 13.8 Å². The number of anilines is 1. The molecule has 2 aliphatic heterocycles. The highest BCUT2D eigenvalue weighted by molar-refractivity contribution is 6.01. The van der Waals surface area contributed by atoms with Crippen molar-refractivity contribution in [3.63, 3.8) is 0 Å². The molecular weight excluding hydrogens is 496 g/mol. The number of H-pyrrole nitrogens is 1. The lowest BCUT2D eigenvalue weighted by molar-refractivity contribution is 0.122. The molecule has 39 heavy (non-hydrogen) atoms. The maximum absolute atomic E-state index is 13.2. The highest BCUT2D eigenvalue weighted by atomic mass is 16.5. The summed E-state index contributed by atoms with van der Waals surface area (Å²) in [6.45, 7) is 8.38. The van der Waals surface area contributed by atoms with Crippen LogP contribution in [-0.4, -0.2) is 74.6 Å². The first-order valence-electron chi connectivity index (χ1n) is 13.5. The number of ether oxygens (including phenoxy) is 1. The molecule has 4 aromatic rings. The SMILES string of the molecule is CC(C)C(=N)N1CCC(n2c(=O)[nH]c(=O)c3cnc4ccc(-c5ccc(N6CCOCC6)nc5)nc4c32)CC1. The number of hydrogen-bond acceptors (Lipinski definition) is 8. The number of hydrogen-bond donors (Lipinski definition) is 2. The fraction of sp³-hybridized carbons (Fsp3) is 0.429. The summed E-state index contributed by atoms with van der Waals surface area (Å²) in [7, 11) is 0. The standard InChI is InChI=1S/C28H32N8O3/c1-17(2)26(29)35-9-7-19(8-10-35)36-25-20(27(37)33-28(36)38)16-30-22-5-4-21(32-24(22)25)18-3-6-23(31-15-18)34-11-13-39-14-12-34/h3-6,15-17,19,29H,7-14H2,1-2H3,(H,33,37,38). The van der Waals surface area contributed by atoms with Gasteiger partial charge in [0.05, 0.1) is 41.2 Å². The zero-order valence-corrected chi connectivity index (χ0v) is 22.2. The van der Waals surface area contributed by atoms with Crippen LogP contribution in [0.4, 0.5) is 5.82 Å². The Morgan fingerprint density at radius 2 is 1.79 bits per heavy atom. The maximum Gasteiger partial charge on any atom is 0.329 e. The largest absolute Gasteiger partial charge is 0.378 e. The van der Waals surface area contributed by atoms with E-state index in [9.17, 15) is 9.59 Å². The Kier molecular flexibility index (Phi) is 6.59. The number of fused-ring (bicyclic) bond motifs is 3. The molecular formula is C28H32N8O3. The summed E-state index contributed by atoms with van der Waals surface area (Å²) < 4.78 is 7.13. The highest BCUT2D eigenvalue weighted by Crippen LogP contribution is 2.29. The predicted molar refractivity (Wildman–Crippen MR) is 151 cm³/mol. The van der Waals surface area contributed by atoms with E-state index in [-0.39, 0.29) is 12.0 Å². The lowest BCUT2D eigenvalue weighted by Crippen LogP contribution is -2.43. The number of aromatic nitrogens is 5. The monoisotopic (exact) mass is 528 g/mol. The molecule has 6 rings (SSSR count). The summed E-state index contributed by atoms with van der Waals surface area (Å²) >= 11 is 0. The summed E-state index contributed by atoms with van der Waals surface area (Å²) in [6, 6.07) is 7.60. The predicted octanol–water partition coefficient (Wildman–Crippen LogP) is 2.80. The number of amidine groups is 1. The van der Waals surface area contributed by atoms with Crippen molar-refractivity contribution < 1.29 is 4.74 Å². The van der Waals surface area contributed by atoms with Crippen molar-refractivity contribution >= 4 is 33.6 Å². The van der Waals surface area contributed by atoms with Crippen LogP contribution in [0, 0.1) is 11.3 Å². The van der Waals surface area contributed by atoms with Gasteiger partial charge in [0.2, 0.25) is 0 Å². The van der Waals surface area contributed by atoms with Crippen LogP contribution >= 0.6 is 0 Å². The van der Waals surface area contributed by atoms with Crippen LogP contribution in [-0.2, 0) is 4.74 Å². The van der Waals surface area contributed by atoms with Gasteiger partial charge in [-0.3, -0.25) is 24.7 Å². The Morgan fingerprint density at radius 3 is 2.49 bits per heavy atom. The Balaban J connectivity index is 1.41. The zero-order chi connectivity index (χ0) is 27.1. The topological polar surface area (TPSA) is 133 Å². The molecule has 0 aromatic carbocycles. The first-order valence-corrected chi connectivity index (χ1v) is 13.5. The second-order valence-corrected chi connectivity index (χ2v) is 10.5. The van der Waals surface area contributed by atoms with E-state index in [1.165, 1.54) is 6.20 Å². The van der Waals surface area contributed by atoms with Gasteiger partial charge in [0.25, 0.3) is 5.56 Å². The Hall–Kier alpha value is -4.12. The maximum atomic E-state index is 13.2. The van der Waals surface area contributed by atoms with Gasteiger partial charge in [-0.05, 0) is 37.1 Å². The molecule has 2 saturated heterocycles. The summed E-state index contributed by atoms with van der Waals surface area (Å²) in [5.74, 6) is 1.65. The molecule has 2 N–H and O–H groups in total. The number of nitrogens with one attached hydrogen (secondary N) is 2. The highest BCUT2D eigenvalue weighted by Gasteiger charge is 2.27. The fourth-order valence-corrected chi connectivity index (χ4v) is 5.55. The van der Waals surface area contributed by atoms with Crippen molar-refractivity contribution in [3.8, 4) is 11.3 Å². The molecule has 0 atom stereocenters. The van der Waals surface area contributed by atoms with Crippen LogP contribution in [0.2, 0.25) is 0 Å². The van der Waals surface area contributed by atoms with Crippen molar-refractivity contribution in [2.24, 2.45) is 5.92 Å². The number of piperidine rings is 1. The van der Waals surface area contributed by atoms with Crippen LogP contribution in [0.1, 0.15) is 32.7 Å². The summed E-state index contributed by atoms with van der Waals surface area (Å²) in [5.41, 5.74) is 2.25. The van der Waals surface area contributed by atoms with Crippen LogP contribution in [0.15, 0.2) is 46.2 Å². The van der Waals surface area contributed by atoms with Crippen molar-refractivity contribution in [1.82, 2.24) is 29.4 Å². The molecule has 6 heterocycles. The Morgan fingerprint density at radius 1 is 1.03 bits per heavy atom. The average Bonchev–Trinajstić information content (AvgIpc) is 2.97. The first kappa shape index (κ1) is 25.2. The van der Waals surface area contributed by atoms with Gasteiger partial charge in [-0.2, -0.15) is 0 Å². The fourth-order valence-electron chi connectivity index (χ4n) is 5.55. The molecule has 0 radical (unpaired) electrons. The normalized spacial score (nSPS) is 16.9. The first-order chi connectivity index (χ1) is 18.9. The minimum Gasteiger partial charge on any atom is -0.378 e. The smallest absolute Gasteiger partial charge is 0.329 e. The number of pyridine rings is 3. The lowest BCUT2D eigenvalue weighted by Gasteiger charge is -2.35. The number of aromatic amines is 1. The second kappa shape index (κ2) is 10.2. The van der Waals surface area contributed by atoms with Crippen LogP contribution in [0.5, 0.6) is 0 Å². The molecule has 0 amide bonds. The summed E-state index contributed by atoms with van der Waals surface area (Å²) in [5, 5.41) is 8.71. The van der Waals surface area contributed by atoms with Gasteiger partial charge in [0, 0.05) is 56.1 Å². The molecule has 0 saturated carbocycles. The van der Waals surface area contributed by atoms with E-state index < -0.39 is 11.2 Å². The molecule has 11 heteroatoms. The van der Waals surface area contributed by atoms with Gasteiger partial charge < -0.3 is 14.5 Å². The number of rotatable bonds is 4. The van der Waals surface area contributed by atoms with Crippen LogP contribution in [0.25, 0.3) is 33.2 Å². The second-order valence-electron chi connectivity index (χ2n) is 10.5. The molecule has 202 valence electrons. The minimum absolute atomic E-state index is 0.126. The number of likely N-dealkylation sites (tertiary alicyclic amines) is 1. The van der Waals surface area contributed by atoms with Crippen LogP contribution in [0.3, 0.4) is 0 Å². The van der Waals surface area contributed by atoms with E-state index in [1.54, 1.807) is 10.8 Å². The van der Waals surface area contributed by atoms with Gasteiger partial charge in [0.1, 0.15) is 11.3 Å². The van der Waals surface area contributed by atoms with Gasteiger partial charge in [-0.15, -0.1) is 0 Å². The van der Waals surface area contributed by atoms with Crippen molar-refractivity contribution in [3.05, 3.63) is 57.5 Å². The van der Waals surface area contributed by atoms with Crippen molar-refractivity contribution in [2.75, 3.05) is 44.3 Å². The van der Waals surface area contributed by atoms with Gasteiger partial charge in [-0.25, -0.2) is 14.8 Å². The molecule has 0 spiro atoms. The third kappa shape index (κ3) is 4.67. The lowest BCUT2D eigenvalue weighted by atomic mass is 10.0. The molecule has 2 aliphatic rings. The molecule has 2 fully saturated rings. The summed E-state index contributed by atoms with van der Waals surface area (Å²) in [4.78, 5) is 46.9. The number of nitrogens with zero attached hydrogens (tertiary/aromatic N) is 6. The molecule has 11 nitrogen and oxygen atoms in total. The van der Waals surface area contributed by atoms with Crippen LogP contribution < -0.4 is 16.1 Å². The van der Waals surface area contributed by atoms with E-state index in [1.807, 2.05) is 38.1 Å². The van der Waals surface area contributed by atoms with E-state index in [4.69, 9.17) is 15.1 Å². The van der Waals surface area contributed by atoms with Gasteiger partial charge >= 0.3 is 5.69 Å². The minimum atomic E-state index is -0.469. The third-order valence-corrected chi connectivity index (χ3v) is 7.71. The zero-order valence-electron chi connectivity index (χ0n) is 22.2. The van der Waals surface area contributed by atoms with E-state index in [0.717, 1.165) is 24.5 Å². The quantitative estimate of drug-likeness (QED) is 0.235. The van der Waals surface area contributed by atoms with E-state index in [0.29, 0.717) is 72.6 Å². The molecule has 0 aliphatic carbocycles. The van der Waals surface area contributed by atoms with Crippen molar-refractivity contribution in [1.29, 1.82) is 5.41 Å². The van der Waals surface area contributed by atoms with E-state index >= 15 is 0 Å². The molecule has 0 unspecified atom stereocenters. The van der Waals surface area contributed by atoms with Gasteiger partial charge in [0.15, 0.2) is 0 Å². The Bertz CT molecular complexity index is 1650. The Labute approximate surface area is 225 Å².